The lowest BCUT2D eigenvalue weighted by Crippen LogP contribution is -2.43. The van der Waals surface area contributed by atoms with E-state index in [1.165, 1.54) is 12.1 Å². The Bertz CT molecular complexity index is 575. The lowest BCUT2D eigenvalue weighted by Gasteiger charge is -2.23. The molecule has 5 nitrogen and oxygen atoms in total. The average Bonchev–Trinajstić information content (AvgIpc) is 2.59. The second kappa shape index (κ2) is 8.89. The van der Waals surface area contributed by atoms with Gasteiger partial charge in [0.05, 0.1) is 5.56 Å². The van der Waals surface area contributed by atoms with Gasteiger partial charge in [-0.3, -0.25) is 4.79 Å². The summed E-state index contributed by atoms with van der Waals surface area (Å²) >= 11 is 0. The van der Waals surface area contributed by atoms with Gasteiger partial charge >= 0.3 is 6.18 Å². The third-order valence-corrected chi connectivity index (χ3v) is 3.73. The summed E-state index contributed by atoms with van der Waals surface area (Å²) in [5.41, 5.74) is -0.0758. The van der Waals surface area contributed by atoms with E-state index in [1.807, 2.05) is 0 Å². The first-order valence-electron chi connectivity index (χ1n) is 7.93. The van der Waals surface area contributed by atoms with Crippen LogP contribution in [0.5, 0.6) is 11.5 Å². The average molecular weight is 364 g/mol. The van der Waals surface area contributed by atoms with Crippen LogP contribution >= 0.6 is 0 Å². The lowest BCUT2D eigenvalue weighted by molar-refractivity contribution is -0.153. The molecule has 0 saturated carbocycles. The molecule has 2 rings (SSSR count). The monoisotopic (exact) mass is 364 g/mol. The number of hydrogen-bond donors (Lipinski definition) is 2. The number of nitrogens with one attached hydrogen (secondary N) is 2. The standard InChI is InChI=1S/C16H20F4N2O3/c17-10-25-14-5-4-12(24-9-16(18,19)20)7-13(14)15(23)22-8-11-3-1-2-6-21-11/h4-5,7,11,21H,1-3,6,8-10H2,(H,22,23). The van der Waals surface area contributed by atoms with Gasteiger partial charge in [0.1, 0.15) is 11.5 Å². The Morgan fingerprint density at radius 2 is 2.08 bits per heavy atom. The molecular weight excluding hydrogens is 344 g/mol. The topological polar surface area (TPSA) is 59.6 Å². The molecule has 25 heavy (non-hydrogen) atoms. The third kappa shape index (κ3) is 6.41. The van der Waals surface area contributed by atoms with Crippen molar-refractivity contribution in [1.29, 1.82) is 0 Å². The summed E-state index contributed by atoms with van der Waals surface area (Å²) in [6.07, 6.45) is -1.44. The maximum absolute atomic E-state index is 12.5. The van der Waals surface area contributed by atoms with Crippen LogP contribution < -0.4 is 20.1 Å². The van der Waals surface area contributed by atoms with E-state index in [0.29, 0.717) is 6.54 Å². The van der Waals surface area contributed by atoms with Gasteiger partial charge in [-0.15, -0.1) is 0 Å². The molecule has 1 aliphatic heterocycles. The number of halogens is 4. The van der Waals surface area contributed by atoms with Gasteiger partial charge in [0.15, 0.2) is 6.61 Å². The van der Waals surface area contributed by atoms with Crippen LogP contribution in [0.3, 0.4) is 0 Å². The summed E-state index contributed by atoms with van der Waals surface area (Å²) in [7, 11) is 0. The minimum atomic E-state index is -4.50. The first kappa shape index (κ1) is 19.3. The van der Waals surface area contributed by atoms with Crippen molar-refractivity contribution < 1.29 is 31.8 Å². The van der Waals surface area contributed by atoms with Crippen LogP contribution in [0.2, 0.25) is 0 Å². The van der Waals surface area contributed by atoms with Crippen LogP contribution in [0, 0.1) is 0 Å². The van der Waals surface area contributed by atoms with Crippen LogP contribution in [0.15, 0.2) is 18.2 Å². The lowest BCUT2D eigenvalue weighted by atomic mass is 10.0. The SMILES string of the molecule is O=C(NCC1CCCCN1)c1cc(OCC(F)(F)F)ccc1OCF. The van der Waals surface area contributed by atoms with Crippen molar-refractivity contribution >= 4 is 5.91 Å². The predicted octanol–water partition coefficient (Wildman–Crippen LogP) is 2.81. The molecule has 1 unspecified atom stereocenters. The maximum Gasteiger partial charge on any atom is 0.422 e. The van der Waals surface area contributed by atoms with Crippen molar-refractivity contribution in [2.24, 2.45) is 0 Å². The van der Waals surface area contributed by atoms with E-state index < -0.39 is 25.6 Å². The van der Waals surface area contributed by atoms with Gasteiger partial charge in [0.2, 0.25) is 6.86 Å². The summed E-state index contributed by atoms with van der Waals surface area (Å²) in [6, 6.07) is 3.64. The van der Waals surface area contributed by atoms with Gasteiger partial charge in [-0.25, -0.2) is 4.39 Å². The van der Waals surface area contributed by atoms with E-state index in [9.17, 15) is 22.4 Å². The highest BCUT2D eigenvalue weighted by atomic mass is 19.4. The number of carbonyl (C=O) groups is 1. The van der Waals surface area contributed by atoms with Gasteiger partial charge in [-0.05, 0) is 37.6 Å². The van der Waals surface area contributed by atoms with Crippen LogP contribution in [0.1, 0.15) is 29.6 Å². The van der Waals surface area contributed by atoms with Gasteiger partial charge in [0.25, 0.3) is 5.91 Å². The normalized spacial score (nSPS) is 17.8. The van der Waals surface area contributed by atoms with Gasteiger partial charge in [-0.2, -0.15) is 13.2 Å². The number of carbonyl (C=O) groups excluding carboxylic acids is 1. The molecule has 1 atom stereocenters. The zero-order valence-electron chi connectivity index (χ0n) is 13.5. The van der Waals surface area contributed by atoms with E-state index in [-0.39, 0.29) is 23.1 Å². The number of amides is 1. The quantitative estimate of drug-likeness (QED) is 0.731. The highest BCUT2D eigenvalue weighted by molar-refractivity contribution is 5.97. The molecule has 2 N–H and O–H groups in total. The Kier molecular flexibility index (Phi) is 6.86. The summed E-state index contributed by atoms with van der Waals surface area (Å²) in [4.78, 5) is 12.3. The summed E-state index contributed by atoms with van der Waals surface area (Å²) in [5.74, 6) is -0.770. The van der Waals surface area contributed by atoms with Crippen molar-refractivity contribution in [3.63, 3.8) is 0 Å². The molecule has 140 valence electrons. The molecule has 0 aliphatic carbocycles. The molecule has 1 fully saturated rings. The fourth-order valence-corrected chi connectivity index (χ4v) is 2.54. The van der Waals surface area contributed by atoms with E-state index in [0.717, 1.165) is 31.9 Å². The number of benzene rings is 1. The third-order valence-electron chi connectivity index (χ3n) is 3.73. The highest BCUT2D eigenvalue weighted by Crippen LogP contribution is 2.26. The van der Waals surface area contributed by atoms with Crippen molar-refractivity contribution in [3.05, 3.63) is 23.8 Å². The zero-order chi connectivity index (χ0) is 18.3. The molecule has 0 bridgehead atoms. The van der Waals surface area contributed by atoms with Crippen molar-refractivity contribution in [2.45, 2.75) is 31.5 Å². The smallest absolute Gasteiger partial charge is 0.422 e. The highest BCUT2D eigenvalue weighted by Gasteiger charge is 2.28. The van der Waals surface area contributed by atoms with Gasteiger partial charge in [-0.1, -0.05) is 6.42 Å². The van der Waals surface area contributed by atoms with Crippen molar-refractivity contribution in [3.8, 4) is 11.5 Å². The summed E-state index contributed by atoms with van der Waals surface area (Å²) < 4.78 is 58.5. The van der Waals surface area contributed by atoms with Crippen LogP contribution in [-0.2, 0) is 0 Å². The van der Waals surface area contributed by atoms with Crippen LogP contribution in [0.25, 0.3) is 0 Å². The molecule has 1 heterocycles. The molecule has 0 radical (unpaired) electrons. The molecule has 9 heteroatoms. The molecule has 1 saturated heterocycles. The Balaban J connectivity index is 2.04. The molecule has 1 amide bonds. The van der Waals surface area contributed by atoms with Crippen molar-refractivity contribution in [2.75, 3.05) is 26.6 Å². The second-order valence-corrected chi connectivity index (χ2v) is 5.67. The summed E-state index contributed by atoms with van der Waals surface area (Å²) in [5, 5.41) is 5.94. The number of ether oxygens (including phenoxy) is 2. The van der Waals surface area contributed by atoms with Crippen molar-refractivity contribution in [1.82, 2.24) is 10.6 Å². The summed E-state index contributed by atoms with van der Waals surface area (Å²) in [6.45, 7) is -1.41. The first-order chi connectivity index (χ1) is 11.9. The Labute approximate surface area is 142 Å². The number of alkyl halides is 4. The largest absolute Gasteiger partial charge is 0.484 e. The number of rotatable bonds is 7. The minimum absolute atomic E-state index is 0.0593. The number of hydrogen-bond acceptors (Lipinski definition) is 4. The van der Waals surface area contributed by atoms with E-state index in [2.05, 4.69) is 15.4 Å². The molecule has 1 aliphatic rings. The fourth-order valence-electron chi connectivity index (χ4n) is 2.54. The Morgan fingerprint density at radius 3 is 2.72 bits per heavy atom. The first-order valence-corrected chi connectivity index (χ1v) is 7.93. The van der Waals surface area contributed by atoms with E-state index >= 15 is 0 Å². The second-order valence-electron chi connectivity index (χ2n) is 5.67. The Hall–Kier alpha value is -2.03. The van der Waals surface area contributed by atoms with Gasteiger partial charge < -0.3 is 20.1 Å². The predicted molar refractivity (Wildman–Crippen MR) is 82.6 cm³/mol. The molecule has 1 aromatic carbocycles. The van der Waals surface area contributed by atoms with E-state index in [4.69, 9.17) is 4.74 Å². The maximum atomic E-state index is 12.5. The number of piperidine rings is 1. The van der Waals surface area contributed by atoms with Gasteiger partial charge in [0, 0.05) is 12.6 Å². The molecular formula is C16H20F4N2O3. The van der Waals surface area contributed by atoms with Crippen LogP contribution in [0.4, 0.5) is 17.6 Å². The Morgan fingerprint density at radius 1 is 1.28 bits per heavy atom. The fraction of sp³-hybridized carbons (Fsp3) is 0.562. The van der Waals surface area contributed by atoms with Crippen LogP contribution in [-0.4, -0.2) is 44.7 Å². The molecule has 1 aromatic rings. The molecule has 0 spiro atoms. The minimum Gasteiger partial charge on any atom is -0.484 e. The van der Waals surface area contributed by atoms with E-state index in [1.54, 1.807) is 0 Å². The zero-order valence-corrected chi connectivity index (χ0v) is 13.5. The molecule has 0 aromatic heterocycles.